The van der Waals surface area contributed by atoms with E-state index in [1.165, 1.54) is 0 Å². The molecule has 0 amide bonds. The zero-order chi connectivity index (χ0) is 22.2. The Morgan fingerprint density at radius 3 is 2.38 bits per heavy atom. The van der Waals surface area contributed by atoms with Gasteiger partial charge in [-0.3, -0.25) is 9.88 Å². The van der Waals surface area contributed by atoms with Gasteiger partial charge in [0.25, 0.3) is 0 Å². The molecule has 0 aliphatic rings. The first-order valence-electron chi connectivity index (χ1n) is 10.8. The van der Waals surface area contributed by atoms with Gasteiger partial charge in [0.1, 0.15) is 0 Å². The van der Waals surface area contributed by atoms with E-state index in [-0.39, 0.29) is 0 Å². The van der Waals surface area contributed by atoms with E-state index in [4.69, 9.17) is 0 Å². The highest BCUT2D eigenvalue weighted by Gasteiger charge is 2.07. The van der Waals surface area contributed by atoms with Gasteiger partial charge in [-0.15, -0.1) is 5.10 Å². The molecule has 1 N–H and O–H groups in total. The van der Waals surface area contributed by atoms with Gasteiger partial charge >= 0.3 is 0 Å². The highest BCUT2D eigenvalue weighted by molar-refractivity contribution is 5.64. The van der Waals surface area contributed by atoms with Gasteiger partial charge in [0, 0.05) is 41.4 Å². The molecule has 4 rings (SSSR count). The maximum atomic E-state index is 4.33. The van der Waals surface area contributed by atoms with Gasteiger partial charge in [-0.1, -0.05) is 43.0 Å². The van der Waals surface area contributed by atoms with Crippen LogP contribution in [0.4, 0.5) is 11.4 Å². The molecule has 6 nitrogen and oxygen atoms in total. The lowest BCUT2D eigenvalue weighted by Crippen LogP contribution is -2.22. The average Bonchev–Trinajstić information content (AvgIpc) is 3.31. The first kappa shape index (κ1) is 21.3. The summed E-state index contributed by atoms with van der Waals surface area (Å²) in [6.45, 7) is 7.10. The lowest BCUT2D eigenvalue weighted by molar-refractivity contribution is 0.292. The van der Waals surface area contributed by atoms with Gasteiger partial charge in [0.2, 0.25) is 0 Å². The average molecular weight is 423 g/mol. The molecule has 0 bridgehead atoms. The fourth-order valence-electron chi connectivity index (χ4n) is 3.32. The Hall–Kier alpha value is -3.95. The third-order valence-corrected chi connectivity index (χ3v) is 5.11. The second-order valence-corrected chi connectivity index (χ2v) is 7.36. The minimum absolute atomic E-state index is 0.804. The molecular weight excluding hydrogens is 396 g/mol. The van der Waals surface area contributed by atoms with E-state index in [0.717, 1.165) is 53.5 Å². The van der Waals surface area contributed by atoms with Crippen LogP contribution in [0, 0.1) is 11.8 Å². The van der Waals surface area contributed by atoms with Crippen LogP contribution < -0.4 is 5.32 Å². The quantitative estimate of drug-likeness (QED) is 0.440. The van der Waals surface area contributed by atoms with Crippen molar-refractivity contribution < 1.29 is 0 Å². The Morgan fingerprint density at radius 1 is 0.875 bits per heavy atom. The van der Waals surface area contributed by atoms with Crippen LogP contribution in [0.15, 0.2) is 79.3 Å². The fourth-order valence-corrected chi connectivity index (χ4v) is 3.32. The Bertz CT molecular complexity index is 1220. The maximum absolute atomic E-state index is 4.33. The Morgan fingerprint density at radius 2 is 1.59 bits per heavy atom. The largest absolute Gasteiger partial charge is 0.355 e. The van der Waals surface area contributed by atoms with Crippen molar-refractivity contribution in [3.05, 3.63) is 96.1 Å². The summed E-state index contributed by atoms with van der Waals surface area (Å²) < 4.78 is 1.82. The van der Waals surface area contributed by atoms with E-state index in [9.17, 15) is 0 Å². The van der Waals surface area contributed by atoms with Crippen LogP contribution in [-0.2, 0) is 6.54 Å². The van der Waals surface area contributed by atoms with Crippen LogP contribution in [0.2, 0.25) is 0 Å². The van der Waals surface area contributed by atoms with Crippen LogP contribution in [0.25, 0.3) is 5.69 Å². The molecule has 0 unspecified atom stereocenters. The Balaban J connectivity index is 1.48. The molecule has 2 aromatic heterocycles. The predicted octanol–water partition coefficient (Wildman–Crippen LogP) is 4.65. The van der Waals surface area contributed by atoms with Crippen molar-refractivity contribution in [3.63, 3.8) is 0 Å². The number of anilines is 2. The van der Waals surface area contributed by atoms with Crippen molar-refractivity contribution in [1.29, 1.82) is 0 Å². The van der Waals surface area contributed by atoms with Gasteiger partial charge < -0.3 is 5.32 Å². The standard InChI is InChI=1S/C26H26N6/c1-3-31(4-2)19-25-20-32(30-29-25)26-10-6-9-24(18-26)28-23-8-5-7-22(17-23)12-11-21-13-15-27-16-14-21/h5-10,13-18,20,28H,3-4,19H2,1-2H3. The van der Waals surface area contributed by atoms with Crippen molar-refractivity contribution >= 4 is 11.4 Å². The minimum Gasteiger partial charge on any atom is -0.355 e. The van der Waals surface area contributed by atoms with E-state index in [1.807, 2.05) is 65.5 Å². The van der Waals surface area contributed by atoms with Crippen molar-refractivity contribution in [1.82, 2.24) is 24.9 Å². The number of aromatic nitrogens is 4. The van der Waals surface area contributed by atoms with Crippen molar-refractivity contribution in [2.75, 3.05) is 18.4 Å². The molecule has 2 heterocycles. The number of benzene rings is 2. The number of pyridine rings is 1. The molecule has 0 atom stereocenters. The maximum Gasteiger partial charge on any atom is 0.0971 e. The van der Waals surface area contributed by atoms with Crippen molar-refractivity contribution in [2.45, 2.75) is 20.4 Å². The summed E-state index contributed by atoms with van der Waals surface area (Å²) in [6, 6.07) is 20.0. The molecule has 160 valence electrons. The predicted molar refractivity (Wildman–Crippen MR) is 128 cm³/mol. The molecule has 0 saturated carbocycles. The Labute approximate surface area is 188 Å². The number of hydrogen-bond donors (Lipinski definition) is 1. The van der Waals surface area contributed by atoms with E-state index in [0.29, 0.717) is 0 Å². The third-order valence-electron chi connectivity index (χ3n) is 5.11. The zero-order valence-electron chi connectivity index (χ0n) is 18.4. The van der Waals surface area contributed by atoms with Crippen molar-refractivity contribution in [3.8, 4) is 17.5 Å². The van der Waals surface area contributed by atoms with Crippen LogP contribution in [0.3, 0.4) is 0 Å². The molecule has 0 aliphatic carbocycles. The fraction of sp³-hybridized carbons (Fsp3) is 0.192. The van der Waals surface area contributed by atoms with Gasteiger partial charge in [-0.25, -0.2) is 4.68 Å². The number of hydrogen-bond acceptors (Lipinski definition) is 5. The van der Waals surface area contributed by atoms with Gasteiger partial charge in [-0.2, -0.15) is 0 Å². The first-order chi connectivity index (χ1) is 15.7. The molecule has 0 fully saturated rings. The van der Waals surface area contributed by atoms with Gasteiger partial charge in [0.05, 0.1) is 17.6 Å². The third kappa shape index (κ3) is 5.60. The second-order valence-electron chi connectivity index (χ2n) is 7.36. The summed E-state index contributed by atoms with van der Waals surface area (Å²) in [7, 11) is 0. The smallest absolute Gasteiger partial charge is 0.0971 e. The monoisotopic (exact) mass is 422 g/mol. The molecule has 2 aromatic carbocycles. The van der Waals surface area contributed by atoms with Crippen molar-refractivity contribution in [2.24, 2.45) is 0 Å². The highest BCUT2D eigenvalue weighted by atomic mass is 15.4. The normalized spacial score (nSPS) is 10.6. The molecule has 32 heavy (non-hydrogen) atoms. The van der Waals surface area contributed by atoms with E-state index in [1.54, 1.807) is 12.4 Å². The SMILES string of the molecule is CCN(CC)Cc1cn(-c2cccc(Nc3cccc(C#Cc4ccncc4)c3)c2)nn1. The summed E-state index contributed by atoms with van der Waals surface area (Å²) in [5, 5.41) is 12.1. The lowest BCUT2D eigenvalue weighted by Gasteiger charge is -2.15. The minimum atomic E-state index is 0.804. The molecule has 0 radical (unpaired) electrons. The molecular formula is C26H26N6. The molecule has 0 aliphatic heterocycles. The topological polar surface area (TPSA) is 58.9 Å². The molecule has 0 saturated heterocycles. The van der Waals surface area contributed by atoms with Crippen LogP contribution in [0.5, 0.6) is 0 Å². The number of nitrogens with one attached hydrogen (secondary N) is 1. The molecule has 6 heteroatoms. The molecule has 4 aromatic rings. The Kier molecular flexibility index (Phi) is 6.91. The molecule has 0 spiro atoms. The zero-order valence-corrected chi connectivity index (χ0v) is 18.4. The number of rotatable bonds is 7. The van der Waals surface area contributed by atoms with E-state index in [2.05, 4.69) is 57.3 Å². The summed E-state index contributed by atoms with van der Waals surface area (Å²) in [5.41, 5.74) is 5.76. The van der Waals surface area contributed by atoms with E-state index < -0.39 is 0 Å². The summed E-state index contributed by atoms with van der Waals surface area (Å²) in [6.07, 6.45) is 5.49. The van der Waals surface area contributed by atoms with E-state index >= 15 is 0 Å². The summed E-state index contributed by atoms with van der Waals surface area (Å²) >= 11 is 0. The number of nitrogens with zero attached hydrogens (tertiary/aromatic N) is 5. The van der Waals surface area contributed by atoms with Gasteiger partial charge in [0.15, 0.2) is 0 Å². The first-order valence-corrected chi connectivity index (χ1v) is 10.8. The lowest BCUT2D eigenvalue weighted by atomic mass is 10.1. The van der Waals surface area contributed by atoms with Crippen LogP contribution >= 0.6 is 0 Å². The highest BCUT2D eigenvalue weighted by Crippen LogP contribution is 2.20. The second kappa shape index (κ2) is 10.4. The van der Waals surface area contributed by atoms with Crippen LogP contribution in [0.1, 0.15) is 30.7 Å². The van der Waals surface area contributed by atoms with Crippen LogP contribution in [-0.4, -0.2) is 38.0 Å². The summed E-state index contributed by atoms with van der Waals surface area (Å²) in [5.74, 6) is 6.37. The summed E-state index contributed by atoms with van der Waals surface area (Å²) in [4.78, 5) is 6.34. The van der Waals surface area contributed by atoms with Gasteiger partial charge in [-0.05, 0) is 61.6 Å².